The molecule has 234 valence electrons. The molecule has 12 nitrogen and oxygen atoms in total. The minimum absolute atomic E-state index is 0. The number of likely N-dealkylation sites (N-methyl/N-ethyl adjacent to an activating group) is 1. The fraction of sp³-hybridized carbons (Fsp3) is 0.222. The summed E-state index contributed by atoms with van der Waals surface area (Å²) in [6.07, 6.45) is 0. The van der Waals surface area contributed by atoms with Gasteiger partial charge in [-0.2, -0.15) is 7.82 Å². The zero-order valence-corrected chi connectivity index (χ0v) is 36.1. The number of hydrogen-bond acceptors (Lipinski definition) is 12. The van der Waals surface area contributed by atoms with Crippen LogP contribution < -0.4 is 119 Å². The molecule has 0 amide bonds. The molecule has 0 aliphatic carbocycles. The second kappa shape index (κ2) is 21.9. The number of rotatable bonds is 6. The molecule has 5 rings (SSSR count). The number of phosphoric acid groups is 1. The predicted molar refractivity (Wildman–Crippen MR) is 165 cm³/mol. The van der Waals surface area contributed by atoms with Crippen LogP contribution in [0.4, 0.5) is 22.9 Å². The molecule has 2 heterocycles. The third kappa shape index (κ3) is 15.6. The first-order valence-electron chi connectivity index (χ1n) is 12.5. The number of aromatic nitrogens is 1. The molecule has 0 unspecified atom stereocenters. The Morgan fingerprint density at radius 3 is 1.83 bits per heavy atom. The van der Waals surface area contributed by atoms with Crippen molar-refractivity contribution in [2.45, 2.75) is 34.6 Å². The molecule has 1 aliphatic heterocycles. The first kappa shape index (κ1) is 48.0. The number of nitrogens with two attached hydrogens (primary N) is 1. The van der Waals surface area contributed by atoms with Gasteiger partial charge in [0.1, 0.15) is 5.76 Å². The number of nitrogens with zero attached hydrogens (tertiary/aromatic N) is 3. The van der Waals surface area contributed by atoms with E-state index in [0.717, 1.165) is 6.54 Å². The quantitative estimate of drug-likeness (QED) is 0.109. The summed E-state index contributed by atoms with van der Waals surface area (Å²) in [6.45, 7) is 4.95. The van der Waals surface area contributed by atoms with Gasteiger partial charge in [-0.3, -0.25) is 4.72 Å². The van der Waals surface area contributed by atoms with Crippen LogP contribution in [-0.4, -0.2) is 45.2 Å². The van der Waals surface area contributed by atoms with Crippen LogP contribution in [-0.2, 0) is 14.6 Å². The van der Waals surface area contributed by atoms with E-state index in [-0.39, 0.29) is 112 Å². The van der Waals surface area contributed by atoms with Crippen molar-refractivity contribution in [3.05, 3.63) is 84.6 Å². The molecular formula is C27H32ClN5Na3O7PS2. The van der Waals surface area contributed by atoms with Crippen molar-refractivity contribution in [1.82, 2.24) is 10.1 Å². The number of aryl methyl sites for hydroxylation is 1. The average molecular weight is 738 g/mol. The Balaban J connectivity index is 0. The maximum Gasteiger partial charge on any atom is 1.00 e. The van der Waals surface area contributed by atoms with E-state index in [9.17, 15) is 8.42 Å². The van der Waals surface area contributed by atoms with Gasteiger partial charge in [0.05, 0.1) is 16.3 Å². The van der Waals surface area contributed by atoms with Crippen LogP contribution in [0, 0.1) is 6.92 Å². The number of sulfonamides is 1. The molecule has 0 saturated carbocycles. The van der Waals surface area contributed by atoms with Gasteiger partial charge in [-0.1, -0.05) is 41.2 Å². The van der Waals surface area contributed by atoms with Crippen molar-refractivity contribution in [3.8, 4) is 0 Å². The van der Waals surface area contributed by atoms with Crippen LogP contribution in [0.3, 0.4) is 0 Å². The third-order valence-electron chi connectivity index (χ3n) is 5.92. The number of halogens is 1. The molecule has 0 fully saturated rings. The van der Waals surface area contributed by atoms with Gasteiger partial charge in [-0.05, 0) is 76.5 Å². The maximum absolute atomic E-state index is 11.9. The van der Waals surface area contributed by atoms with Gasteiger partial charge in [0, 0.05) is 34.1 Å². The van der Waals surface area contributed by atoms with Gasteiger partial charge in [0.25, 0.3) is 10.0 Å². The number of nitrogens with one attached hydrogen (secondary N) is 1. The summed E-state index contributed by atoms with van der Waals surface area (Å²) >= 11 is 1.87. The minimum atomic E-state index is -5.39. The van der Waals surface area contributed by atoms with Crippen molar-refractivity contribution in [1.29, 1.82) is 0 Å². The number of nitrogen functional groups attached to an aromatic ring is 1. The topological polar surface area (TPSA) is 191 Å². The molecule has 3 N–H and O–H groups in total. The molecule has 0 spiro atoms. The normalized spacial score (nSPS) is 12.0. The van der Waals surface area contributed by atoms with Crippen molar-refractivity contribution >= 4 is 64.9 Å². The summed E-state index contributed by atoms with van der Waals surface area (Å²) in [5.41, 5.74) is 8.63. The van der Waals surface area contributed by atoms with E-state index >= 15 is 0 Å². The zero-order valence-electron chi connectivity index (χ0n) is 26.7. The van der Waals surface area contributed by atoms with E-state index in [1.54, 1.807) is 6.92 Å². The second-order valence-corrected chi connectivity index (χ2v) is 13.1. The zero-order chi connectivity index (χ0) is 31.1. The van der Waals surface area contributed by atoms with Gasteiger partial charge in [-0.15, -0.1) is 12.4 Å². The molecule has 4 aromatic rings. The number of anilines is 4. The smallest absolute Gasteiger partial charge is 0.822 e. The number of para-hydroxylation sites is 2. The first-order chi connectivity index (χ1) is 19.6. The molecule has 1 aromatic heterocycles. The standard InChI is InChI=1S/C17H20N2S.C10H11N3O3S.ClH.3Na.H3O4P/c1-13(18(2)3)12-19-14-8-4-6-10-16(14)20-17-11-7-5-9-15(17)19;1-7-6-10(12-16-7)13-17(14,15)9-4-2-8(11)3-5-9;;;;;1-5(2,3)4/h4-11,13H,12H2,1-3H3;2-6H,11H2,1H3,(H,12,13);1H;;;;(H3,1,2,3,4)/q;;;3*+1;/p-3/t13-;;;;;;/m1....../s1. The fourth-order valence-corrected chi connectivity index (χ4v) is 5.74. The Morgan fingerprint density at radius 2 is 1.41 bits per heavy atom. The second-order valence-electron chi connectivity index (χ2n) is 9.41. The minimum Gasteiger partial charge on any atom is -0.822 e. The van der Waals surface area contributed by atoms with Crippen molar-refractivity contribution < 1.29 is 121 Å². The van der Waals surface area contributed by atoms with Crippen LogP contribution >= 0.6 is 32.0 Å². The number of benzene rings is 3. The Morgan fingerprint density at radius 1 is 0.957 bits per heavy atom. The molecule has 3 aromatic carbocycles. The van der Waals surface area contributed by atoms with Gasteiger partial charge in [-0.25, -0.2) is 8.42 Å². The molecule has 46 heavy (non-hydrogen) atoms. The summed E-state index contributed by atoms with van der Waals surface area (Å²) in [7, 11) is -4.75. The van der Waals surface area contributed by atoms with E-state index in [0.29, 0.717) is 17.5 Å². The average Bonchev–Trinajstić information content (AvgIpc) is 3.31. The van der Waals surface area contributed by atoms with E-state index in [4.69, 9.17) is 29.5 Å². The molecule has 19 heteroatoms. The Bertz CT molecular complexity index is 1590. The largest absolute Gasteiger partial charge is 1.00 e. The number of hydrogen-bond donors (Lipinski definition) is 2. The van der Waals surface area contributed by atoms with Crippen LogP contribution in [0.1, 0.15) is 12.7 Å². The number of fused-ring (bicyclic) bond motifs is 2. The maximum atomic E-state index is 11.9. The SMILES string of the molecule is C[C@H](CN1c2ccccc2Sc2ccccc21)N(C)C.Cc1cc(NS(=O)(=O)c2ccc(N)cc2)no1.Cl.O=P([O-])([O-])[O-].[Na+].[Na+].[Na+]. The summed E-state index contributed by atoms with van der Waals surface area (Å²) < 4.78 is 39.4. The van der Waals surface area contributed by atoms with Crippen LogP contribution in [0.5, 0.6) is 0 Å². The Hall–Kier alpha value is -0.0700. The van der Waals surface area contributed by atoms with Crippen LogP contribution in [0.2, 0.25) is 0 Å². The molecule has 0 saturated heterocycles. The van der Waals surface area contributed by atoms with E-state index in [1.165, 1.54) is 51.5 Å². The van der Waals surface area contributed by atoms with E-state index in [2.05, 4.69) is 89.2 Å². The summed E-state index contributed by atoms with van der Waals surface area (Å²) in [4.78, 5) is 33.2. The van der Waals surface area contributed by atoms with Crippen LogP contribution in [0.25, 0.3) is 0 Å². The molecule has 1 atom stereocenters. The molecule has 1 aliphatic rings. The van der Waals surface area contributed by atoms with Crippen molar-refractivity contribution in [3.63, 3.8) is 0 Å². The summed E-state index contributed by atoms with van der Waals surface area (Å²) in [6, 6.07) is 25.2. The van der Waals surface area contributed by atoms with Gasteiger partial charge >= 0.3 is 88.7 Å². The first-order valence-corrected chi connectivity index (χ1v) is 16.2. The van der Waals surface area contributed by atoms with E-state index < -0.39 is 17.8 Å². The molecule has 0 radical (unpaired) electrons. The third-order valence-corrected chi connectivity index (χ3v) is 8.42. The molecule has 0 bridgehead atoms. The van der Waals surface area contributed by atoms with E-state index in [1.807, 2.05) is 11.8 Å². The predicted octanol–water partition coefficient (Wildman–Crippen LogP) is -5.79. The Kier molecular flexibility index (Phi) is 22.9. The van der Waals surface area contributed by atoms with Gasteiger partial charge < -0.3 is 39.3 Å². The summed E-state index contributed by atoms with van der Waals surface area (Å²) in [5, 5.41) is 3.55. The van der Waals surface area contributed by atoms with Gasteiger partial charge in [0.2, 0.25) is 0 Å². The molecular weight excluding hydrogens is 706 g/mol. The van der Waals surface area contributed by atoms with Crippen molar-refractivity contribution in [2.75, 3.05) is 36.0 Å². The van der Waals surface area contributed by atoms with Crippen LogP contribution in [0.15, 0.2) is 98.1 Å². The van der Waals surface area contributed by atoms with Crippen molar-refractivity contribution in [2.24, 2.45) is 0 Å². The van der Waals surface area contributed by atoms with Gasteiger partial charge in [0.15, 0.2) is 5.82 Å². The monoisotopic (exact) mass is 737 g/mol. The summed E-state index contributed by atoms with van der Waals surface area (Å²) in [5.74, 6) is 0.680. The Labute approximate surface area is 346 Å². The fourth-order valence-electron chi connectivity index (χ4n) is 3.66.